The molecule has 0 aliphatic rings. The maximum atomic E-state index is 13.1. The van der Waals surface area contributed by atoms with Crippen molar-refractivity contribution >= 4 is 12.2 Å². The van der Waals surface area contributed by atoms with Crippen LogP contribution in [0.3, 0.4) is 0 Å². The van der Waals surface area contributed by atoms with Crippen LogP contribution in [0.4, 0.5) is 4.39 Å². The van der Waals surface area contributed by atoms with Crippen LogP contribution in [0, 0.1) is 5.82 Å². The molecule has 0 aromatic heterocycles. The lowest BCUT2D eigenvalue weighted by atomic mass is 9.49. The summed E-state index contributed by atoms with van der Waals surface area (Å²) in [6.07, 6.45) is 0. The number of rotatable bonds is 4. The molecule has 0 spiro atoms. The van der Waals surface area contributed by atoms with Crippen LogP contribution in [0.15, 0.2) is 42.5 Å². The van der Waals surface area contributed by atoms with E-state index in [0.717, 1.165) is 11.2 Å². The third-order valence-corrected chi connectivity index (χ3v) is 2.86. The van der Waals surface area contributed by atoms with Gasteiger partial charge in [0.15, 0.2) is 6.71 Å². The Hall–Kier alpha value is -1.97. The standard InChI is InChI=1S/C15H16BFO2.CH4/c1-16(2)14-8-7-13(10-15(14)18-3)19-12-6-4-5-11(17)9-12;/h4-10H,1-3H3;1H4. The van der Waals surface area contributed by atoms with Crippen molar-refractivity contribution in [2.75, 3.05) is 7.11 Å². The van der Waals surface area contributed by atoms with E-state index in [1.807, 2.05) is 18.2 Å². The van der Waals surface area contributed by atoms with E-state index in [9.17, 15) is 4.39 Å². The first-order valence-electron chi connectivity index (χ1n) is 6.21. The SMILES string of the molecule is C.COc1cc(Oc2cccc(F)c2)ccc1B(C)C. The summed E-state index contributed by atoms with van der Waals surface area (Å²) in [5.74, 6) is 1.57. The zero-order valence-electron chi connectivity index (χ0n) is 11.3. The molecule has 0 unspecified atom stereocenters. The Balaban J connectivity index is 0.00000200. The molecule has 2 rings (SSSR count). The minimum Gasteiger partial charge on any atom is -0.497 e. The summed E-state index contributed by atoms with van der Waals surface area (Å²) >= 11 is 0. The Labute approximate surface area is 120 Å². The van der Waals surface area contributed by atoms with Crippen LogP contribution >= 0.6 is 0 Å². The Morgan fingerprint density at radius 3 is 2.30 bits per heavy atom. The zero-order valence-corrected chi connectivity index (χ0v) is 11.3. The number of benzene rings is 2. The monoisotopic (exact) mass is 274 g/mol. The molecule has 0 heterocycles. The van der Waals surface area contributed by atoms with Gasteiger partial charge in [-0.2, -0.15) is 0 Å². The van der Waals surface area contributed by atoms with E-state index in [4.69, 9.17) is 9.47 Å². The van der Waals surface area contributed by atoms with E-state index in [0.29, 0.717) is 18.2 Å². The Morgan fingerprint density at radius 2 is 1.70 bits per heavy atom. The average molecular weight is 274 g/mol. The third kappa shape index (κ3) is 3.76. The molecular formula is C16H20BFO2. The van der Waals surface area contributed by atoms with Gasteiger partial charge in [-0.1, -0.05) is 33.2 Å². The molecule has 2 aromatic rings. The van der Waals surface area contributed by atoms with Gasteiger partial charge in [-0.15, -0.1) is 0 Å². The van der Waals surface area contributed by atoms with E-state index >= 15 is 0 Å². The minimum atomic E-state index is -0.316. The van der Waals surface area contributed by atoms with Gasteiger partial charge in [0.2, 0.25) is 0 Å². The molecule has 0 radical (unpaired) electrons. The Morgan fingerprint density at radius 1 is 1.00 bits per heavy atom. The Kier molecular flexibility index (Phi) is 5.62. The molecule has 0 aliphatic heterocycles. The van der Waals surface area contributed by atoms with Crippen LogP contribution in [0.2, 0.25) is 13.6 Å². The van der Waals surface area contributed by atoms with E-state index in [1.165, 1.54) is 12.1 Å². The van der Waals surface area contributed by atoms with Crippen LogP contribution in [-0.4, -0.2) is 13.8 Å². The quantitative estimate of drug-likeness (QED) is 0.777. The van der Waals surface area contributed by atoms with Crippen molar-refractivity contribution in [2.45, 2.75) is 21.1 Å². The maximum absolute atomic E-state index is 13.1. The van der Waals surface area contributed by atoms with Crippen LogP contribution in [0.25, 0.3) is 0 Å². The molecule has 106 valence electrons. The van der Waals surface area contributed by atoms with Crippen molar-refractivity contribution in [3.63, 3.8) is 0 Å². The fourth-order valence-corrected chi connectivity index (χ4v) is 1.90. The zero-order chi connectivity index (χ0) is 13.8. The van der Waals surface area contributed by atoms with Gasteiger partial charge in [0, 0.05) is 12.1 Å². The summed E-state index contributed by atoms with van der Waals surface area (Å²) in [7, 11) is 1.63. The van der Waals surface area contributed by atoms with E-state index in [1.54, 1.807) is 19.2 Å². The first kappa shape index (κ1) is 16.1. The fraction of sp³-hybridized carbons (Fsp3) is 0.250. The van der Waals surface area contributed by atoms with E-state index in [2.05, 4.69) is 13.6 Å². The van der Waals surface area contributed by atoms with Crippen molar-refractivity contribution in [2.24, 2.45) is 0 Å². The van der Waals surface area contributed by atoms with Gasteiger partial charge in [0.25, 0.3) is 0 Å². The molecule has 20 heavy (non-hydrogen) atoms. The number of hydrogen-bond acceptors (Lipinski definition) is 2. The largest absolute Gasteiger partial charge is 0.497 e. The highest BCUT2D eigenvalue weighted by molar-refractivity contribution is 6.71. The fourth-order valence-electron chi connectivity index (χ4n) is 1.90. The smallest absolute Gasteiger partial charge is 0.174 e. The molecule has 0 saturated carbocycles. The second-order valence-corrected chi connectivity index (χ2v) is 4.62. The van der Waals surface area contributed by atoms with E-state index < -0.39 is 0 Å². The predicted molar refractivity (Wildman–Crippen MR) is 83.3 cm³/mol. The van der Waals surface area contributed by atoms with E-state index in [-0.39, 0.29) is 13.2 Å². The lowest BCUT2D eigenvalue weighted by Gasteiger charge is -2.12. The van der Waals surface area contributed by atoms with Gasteiger partial charge in [0.1, 0.15) is 23.1 Å². The highest BCUT2D eigenvalue weighted by Gasteiger charge is 2.11. The molecule has 2 nitrogen and oxygen atoms in total. The topological polar surface area (TPSA) is 18.5 Å². The normalized spacial score (nSPS) is 9.60. The van der Waals surface area contributed by atoms with Crippen LogP contribution in [0.1, 0.15) is 7.43 Å². The highest BCUT2D eigenvalue weighted by Crippen LogP contribution is 2.24. The lowest BCUT2D eigenvalue weighted by Crippen LogP contribution is -2.24. The molecule has 0 atom stereocenters. The van der Waals surface area contributed by atoms with Gasteiger partial charge in [-0.25, -0.2) is 4.39 Å². The van der Waals surface area contributed by atoms with Gasteiger partial charge < -0.3 is 9.47 Å². The summed E-state index contributed by atoms with van der Waals surface area (Å²) in [6.45, 7) is 4.58. The second-order valence-electron chi connectivity index (χ2n) is 4.62. The summed E-state index contributed by atoms with van der Waals surface area (Å²) in [5.41, 5.74) is 1.12. The number of methoxy groups -OCH3 is 1. The van der Waals surface area contributed by atoms with Gasteiger partial charge in [-0.05, 0) is 23.7 Å². The molecule has 0 N–H and O–H groups in total. The second kappa shape index (κ2) is 6.99. The number of ether oxygens (including phenoxy) is 2. The van der Waals surface area contributed by atoms with Crippen molar-refractivity contribution in [3.8, 4) is 17.2 Å². The summed E-state index contributed by atoms with van der Waals surface area (Å²) < 4.78 is 24.1. The molecule has 0 saturated heterocycles. The van der Waals surface area contributed by atoms with Crippen molar-refractivity contribution in [1.29, 1.82) is 0 Å². The number of hydrogen-bond donors (Lipinski definition) is 0. The molecule has 2 aromatic carbocycles. The van der Waals surface area contributed by atoms with Crippen molar-refractivity contribution in [1.82, 2.24) is 0 Å². The lowest BCUT2D eigenvalue weighted by molar-refractivity contribution is 0.412. The molecular weight excluding hydrogens is 254 g/mol. The van der Waals surface area contributed by atoms with Gasteiger partial charge in [-0.3, -0.25) is 0 Å². The molecule has 0 aliphatic carbocycles. The van der Waals surface area contributed by atoms with Crippen molar-refractivity contribution < 1.29 is 13.9 Å². The molecule has 0 fully saturated rings. The maximum Gasteiger partial charge on any atom is 0.174 e. The van der Waals surface area contributed by atoms with Crippen LogP contribution < -0.4 is 14.9 Å². The van der Waals surface area contributed by atoms with Gasteiger partial charge >= 0.3 is 0 Å². The Bertz CT molecular complexity index is 570. The predicted octanol–water partition coefficient (Wildman–Crippen LogP) is 4.22. The minimum absolute atomic E-state index is 0. The van der Waals surface area contributed by atoms with Gasteiger partial charge in [0.05, 0.1) is 7.11 Å². The third-order valence-electron chi connectivity index (χ3n) is 2.86. The molecule has 0 bridgehead atoms. The molecule has 0 amide bonds. The molecule has 4 heteroatoms. The summed E-state index contributed by atoms with van der Waals surface area (Å²) in [4.78, 5) is 0. The summed E-state index contributed by atoms with van der Waals surface area (Å²) in [5, 5.41) is 0. The van der Waals surface area contributed by atoms with Crippen LogP contribution in [-0.2, 0) is 0 Å². The average Bonchev–Trinajstić information content (AvgIpc) is 2.38. The number of halogens is 1. The first-order chi connectivity index (χ1) is 9.10. The highest BCUT2D eigenvalue weighted by atomic mass is 19.1. The van der Waals surface area contributed by atoms with Crippen molar-refractivity contribution in [3.05, 3.63) is 48.3 Å². The summed E-state index contributed by atoms with van der Waals surface area (Å²) in [6, 6.07) is 11.7. The van der Waals surface area contributed by atoms with Crippen LogP contribution in [0.5, 0.6) is 17.2 Å². The first-order valence-corrected chi connectivity index (χ1v) is 6.21.